The van der Waals surface area contributed by atoms with E-state index >= 15 is 0 Å². The zero-order chi connectivity index (χ0) is 18.3. The molecule has 0 aliphatic heterocycles. The second kappa shape index (κ2) is 9.15. The van der Waals surface area contributed by atoms with Gasteiger partial charge in [-0.15, -0.1) is 0 Å². The van der Waals surface area contributed by atoms with Crippen LogP contribution in [0.25, 0.3) is 0 Å². The first kappa shape index (κ1) is 20.6. The summed E-state index contributed by atoms with van der Waals surface area (Å²) in [6, 6.07) is 6.05. The van der Waals surface area contributed by atoms with Gasteiger partial charge < -0.3 is 10.6 Å². The summed E-state index contributed by atoms with van der Waals surface area (Å²) in [7, 11) is -1.83. The number of nitrogens with two attached hydrogens (primary N) is 1. The van der Waals surface area contributed by atoms with Gasteiger partial charge in [-0.05, 0) is 44.0 Å². The summed E-state index contributed by atoms with van der Waals surface area (Å²) < 4.78 is 26.9. The molecule has 1 amide bonds. The number of hydrogen-bond donors (Lipinski definition) is 1. The Labute approximate surface area is 145 Å². The number of benzene rings is 1. The smallest absolute Gasteiger partial charge is 0.253 e. The first-order valence-electron chi connectivity index (χ1n) is 8.37. The van der Waals surface area contributed by atoms with Crippen molar-refractivity contribution in [3.63, 3.8) is 0 Å². The average Bonchev–Trinajstić information content (AvgIpc) is 2.59. The first-order valence-corrected chi connectivity index (χ1v) is 9.81. The van der Waals surface area contributed by atoms with Crippen LogP contribution in [0.3, 0.4) is 0 Å². The molecule has 1 unspecified atom stereocenters. The van der Waals surface area contributed by atoms with Gasteiger partial charge in [-0.3, -0.25) is 4.79 Å². The summed E-state index contributed by atoms with van der Waals surface area (Å²) in [6.07, 6.45) is 1.52. The topological polar surface area (TPSA) is 83.7 Å². The van der Waals surface area contributed by atoms with E-state index in [2.05, 4.69) is 0 Å². The minimum absolute atomic E-state index is 0.0782. The van der Waals surface area contributed by atoms with E-state index in [1.165, 1.54) is 16.4 Å². The van der Waals surface area contributed by atoms with Crippen LogP contribution in [-0.4, -0.2) is 56.3 Å². The van der Waals surface area contributed by atoms with Gasteiger partial charge in [-0.2, -0.15) is 4.31 Å². The van der Waals surface area contributed by atoms with Crippen molar-refractivity contribution in [3.05, 3.63) is 29.8 Å². The van der Waals surface area contributed by atoms with Crippen LogP contribution in [0.4, 0.5) is 0 Å². The number of rotatable bonds is 9. The Hall–Kier alpha value is -1.44. The molecule has 0 bridgehead atoms. The third-order valence-electron chi connectivity index (χ3n) is 4.01. The van der Waals surface area contributed by atoms with E-state index in [0.717, 1.165) is 12.8 Å². The lowest BCUT2D eigenvalue weighted by Gasteiger charge is -2.24. The third kappa shape index (κ3) is 4.78. The molecule has 1 atom stereocenters. The van der Waals surface area contributed by atoms with Gasteiger partial charge in [-0.25, -0.2) is 8.42 Å². The van der Waals surface area contributed by atoms with Gasteiger partial charge in [0.05, 0.1) is 4.90 Å². The standard InChI is InChI=1S/C17H29N3O3S/c1-5-11-20(12-6-2)24(22,23)16-9-7-15(8-10-16)17(21)19(4)14(3)13-18/h7-10,14H,5-6,11-13,18H2,1-4H3. The van der Waals surface area contributed by atoms with Crippen molar-refractivity contribution in [2.75, 3.05) is 26.7 Å². The number of likely N-dealkylation sites (N-methyl/N-ethyl adjacent to an activating group) is 1. The predicted molar refractivity (Wildman–Crippen MR) is 96.4 cm³/mol. The van der Waals surface area contributed by atoms with E-state index in [1.54, 1.807) is 24.1 Å². The van der Waals surface area contributed by atoms with Crippen LogP contribution in [0.2, 0.25) is 0 Å². The number of nitrogens with zero attached hydrogens (tertiary/aromatic N) is 2. The zero-order valence-corrected chi connectivity index (χ0v) is 15.8. The van der Waals surface area contributed by atoms with Crippen molar-refractivity contribution in [1.29, 1.82) is 0 Å². The van der Waals surface area contributed by atoms with Crippen LogP contribution in [0.15, 0.2) is 29.2 Å². The van der Waals surface area contributed by atoms with Gasteiger partial charge in [0, 0.05) is 38.3 Å². The minimum Gasteiger partial charge on any atom is -0.338 e. The molecule has 0 fully saturated rings. The van der Waals surface area contributed by atoms with Crippen molar-refractivity contribution < 1.29 is 13.2 Å². The van der Waals surface area contributed by atoms with Gasteiger partial charge >= 0.3 is 0 Å². The lowest BCUT2D eigenvalue weighted by molar-refractivity contribution is 0.0748. The van der Waals surface area contributed by atoms with Crippen molar-refractivity contribution >= 4 is 15.9 Å². The summed E-state index contributed by atoms with van der Waals surface area (Å²) in [5.74, 6) is -0.170. The van der Waals surface area contributed by atoms with Gasteiger partial charge in [0.1, 0.15) is 0 Å². The number of hydrogen-bond acceptors (Lipinski definition) is 4. The Bertz CT molecular complexity index is 623. The molecule has 0 aromatic heterocycles. The number of sulfonamides is 1. The van der Waals surface area contributed by atoms with E-state index in [0.29, 0.717) is 25.2 Å². The zero-order valence-electron chi connectivity index (χ0n) is 15.0. The number of carbonyl (C=O) groups is 1. The van der Waals surface area contributed by atoms with Gasteiger partial charge in [-0.1, -0.05) is 13.8 Å². The first-order chi connectivity index (χ1) is 11.3. The van der Waals surface area contributed by atoms with Gasteiger partial charge in [0.25, 0.3) is 5.91 Å². The fourth-order valence-electron chi connectivity index (χ4n) is 2.33. The Morgan fingerprint density at radius 1 is 1.12 bits per heavy atom. The fraction of sp³-hybridized carbons (Fsp3) is 0.588. The molecule has 0 spiro atoms. The van der Waals surface area contributed by atoms with Crippen LogP contribution in [0.1, 0.15) is 44.0 Å². The van der Waals surface area contributed by atoms with Crippen molar-refractivity contribution in [2.24, 2.45) is 5.73 Å². The van der Waals surface area contributed by atoms with E-state index in [9.17, 15) is 13.2 Å². The summed E-state index contributed by atoms with van der Waals surface area (Å²) in [5.41, 5.74) is 6.03. The molecule has 0 aliphatic rings. The molecule has 6 nitrogen and oxygen atoms in total. The Morgan fingerprint density at radius 2 is 1.62 bits per heavy atom. The summed E-state index contributed by atoms with van der Waals surface area (Å²) in [6.45, 7) is 7.13. The third-order valence-corrected chi connectivity index (χ3v) is 5.92. The highest BCUT2D eigenvalue weighted by Crippen LogP contribution is 2.18. The van der Waals surface area contributed by atoms with Crippen LogP contribution >= 0.6 is 0 Å². The van der Waals surface area contributed by atoms with E-state index < -0.39 is 10.0 Å². The SMILES string of the molecule is CCCN(CCC)S(=O)(=O)c1ccc(C(=O)N(C)C(C)CN)cc1. The molecule has 2 N–H and O–H groups in total. The second-order valence-corrected chi connectivity index (χ2v) is 7.87. The highest BCUT2D eigenvalue weighted by Gasteiger charge is 2.24. The van der Waals surface area contributed by atoms with Crippen LogP contribution < -0.4 is 5.73 Å². The molecule has 0 radical (unpaired) electrons. The number of carbonyl (C=O) groups excluding carboxylic acids is 1. The molecule has 1 aromatic rings. The maximum Gasteiger partial charge on any atom is 0.253 e. The Balaban J connectivity index is 3.03. The average molecular weight is 356 g/mol. The molecule has 0 saturated heterocycles. The maximum absolute atomic E-state index is 12.7. The molecule has 24 heavy (non-hydrogen) atoms. The molecular formula is C17H29N3O3S. The van der Waals surface area contributed by atoms with E-state index in [-0.39, 0.29) is 16.8 Å². The Kier molecular flexibility index (Phi) is 7.86. The van der Waals surface area contributed by atoms with Gasteiger partial charge in [0.15, 0.2) is 0 Å². The highest BCUT2D eigenvalue weighted by molar-refractivity contribution is 7.89. The highest BCUT2D eigenvalue weighted by atomic mass is 32.2. The normalized spacial score (nSPS) is 13.1. The van der Waals surface area contributed by atoms with Crippen LogP contribution in [0, 0.1) is 0 Å². The van der Waals surface area contributed by atoms with Crippen LogP contribution in [-0.2, 0) is 10.0 Å². The largest absolute Gasteiger partial charge is 0.338 e. The molecule has 1 rings (SSSR count). The monoisotopic (exact) mass is 355 g/mol. The lowest BCUT2D eigenvalue weighted by atomic mass is 10.2. The molecule has 1 aromatic carbocycles. The minimum atomic E-state index is -3.52. The molecular weight excluding hydrogens is 326 g/mol. The summed E-state index contributed by atoms with van der Waals surface area (Å²) in [4.78, 5) is 14.1. The molecule has 0 saturated carbocycles. The molecule has 136 valence electrons. The quantitative estimate of drug-likeness (QED) is 0.733. The maximum atomic E-state index is 12.7. The molecule has 7 heteroatoms. The van der Waals surface area contributed by atoms with Crippen LogP contribution in [0.5, 0.6) is 0 Å². The molecule has 0 heterocycles. The van der Waals surface area contributed by atoms with Crippen molar-refractivity contribution in [3.8, 4) is 0 Å². The molecule has 0 aliphatic carbocycles. The summed E-state index contributed by atoms with van der Waals surface area (Å²) >= 11 is 0. The van der Waals surface area contributed by atoms with E-state index in [1.807, 2.05) is 20.8 Å². The lowest BCUT2D eigenvalue weighted by Crippen LogP contribution is -2.39. The number of amides is 1. The van der Waals surface area contributed by atoms with Gasteiger partial charge in [0.2, 0.25) is 10.0 Å². The second-order valence-electron chi connectivity index (χ2n) is 5.93. The summed E-state index contributed by atoms with van der Waals surface area (Å²) in [5, 5.41) is 0. The van der Waals surface area contributed by atoms with Crippen molar-refractivity contribution in [2.45, 2.75) is 44.6 Å². The van der Waals surface area contributed by atoms with Crippen molar-refractivity contribution in [1.82, 2.24) is 9.21 Å². The van der Waals surface area contributed by atoms with E-state index in [4.69, 9.17) is 5.73 Å². The fourth-order valence-corrected chi connectivity index (χ4v) is 3.96. The Morgan fingerprint density at radius 3 is 2.04 bits per heavy atom. The predicted octanol–water partition coefficient (Wildman–Crippen LogP) is 1.92.